The van der Waals surface area contributed by atoms with Crippen molar-refractivity contribution in [3.63, 3.8) is 0 Å². The number of aliphatic hydroxyl groups excluding tert-OH is 4. The molecule has 9 nitrogen and oxygen atoms in total. The van der Waals surface area contributed by atoms with E-state index in [1.807, 2.05) is 0 Å². The zero-order valence-corrected chi connectivity index (χ0v) is 22.6. The van der Waals surface area contributed by atoms with E-state index >= 15 is 0 Å². The molecule has 4 unspecified atom stereocenters. The minimum absolute atomic E-state index is 0.382. The molecule has 1 saturated heterocycles. The number of rotatable bonds is 19. The Morgan fingerprint density at radius 2 is 0.853 bits per heavy atom. The summed E-state index contributed by atoms with van der Waals surface area (Å²) in [6.07, 6.45) is -0.419. The second-order valence-electron chi connectivity index (χ2n) is 10.4. The van der Waals surface area contributed by atoms with Gasteiger partial charge in [0.1, 0.15) is 0 Å². The SMILES string of the molecule is CCCN(CCN1CCN(CCN(CC(C)O)CC(C)O)CC1)CCN(CC(C)O)CC(C)O. The van der Waals surface area contributed by atoms with Gasteiger partial charge in [0.25, 0.3) is 0 Å². The predicted molar refractivity (Wildman–Crippen MR) is 139 cm³/mol. The van der Waals surface area contributed by atoms with Crippen molar-refractivity contribution in [3.8, 4) is 0 Å². The van der Waals surface area contributed by atoms with Gasteiger partial charge in [-0.05, 0) is 40.7 Å². The van der Waals surface area contributed by atoms with Gasteiger partial charge in [-0.25, -0.2) is 0 Å². The van der Waals surface area contributed by atoms with Crippen LogP contribution in [0.25, 0.3) is 0 Å². The van der Waals surface area contributed by atoms with Gasteiger partial charge in [-0.1, -0.05) is 6.92 Å². The lowest BCUT2D eigenvalue weighted by atomic mass is 10.2. The van der Waals surface area contributed by atoms with Gasteiger partial charge >= 0.3 is 0 Å². The third kappa shape index (κ3) is 15.6. The molecule has 0 aliphatic carbocycles. The Morgan fingerprint density at radius 1 is 0.529 bits per heavy atom. The number of piperazine rings is 1. The molecule has 4 N–H and O–H groups in total. The highest BCUT2D eigenvalue weighted by Crippen LogP contribution is 2.05. The molecule has 0 aromatic carbocycles. The summed E-state index contributed by atoms with van der Waals surface area (Å²) in [4.78, 5) is 11.9. The quantitative estimate of drug-likeness (QED) is 0.190. The molecule has 9 heteroatoms. The Bertz CT molecular complexity index is 468. The number of hydrogen-bond acceptors (Lipinski definition) is 9. The summed E-state index contributed by atoms with van der Waals surface area (Å²) in [5.74, 6) is 0. The van der Waals surface area contributed by atoms with Crippen molar-refractivity contribution in [2.75, 3.05) is 98.2 Å². The molecule has 0 bridgehead atoms. The predicted octanol–water partition coefficient (Wildman–Crippen LogP) is -0.557. The van der Waals surface area contributed by atoms with E-state index in [4.69, 9.17) is 0 Å². The summed E-state index contributed by atoms with van der Waals surface area (Å²) in [7, 11) is 0. The third-order valence-electron chi connectivity index (χ3n) is 6.29. The van der Waals surface area contributed by atoms with E-state index < -0.39 is 0 Å². The normalized spacial score (nSPS) is 19.8. The van der Waals surface area contributed by atoms with Gasteiger partial charge in [0.15, 0.2) is 0 Å². The van der Waals surface area contributed by atoms with Gasteiger partial charge in [-0.3, -0.25) is 19.6 Å². The lowest BCUT2D eigenvalue weighted by molar-refractivity contribution is 0.0639. The maximum atomic E-state index is 9.77. The standard InChI is InChI=1S/C25H55N5O4/c1-6-7-26(14-16-29(18-22(2)31)19-23(3)32)8-9-27-10-12-28(13-11-27)15-17-30(20-24(4)33)21-25(5)34/h22-25,31-34H,6-21H2,1-5H3. The van der Waals surface area contributed by atoms with E-state index in [2.05, 4.69) is 31.4 Å². The zero-order chi connectivity index (χ0) is 25.5. The third-order valence-corrected chi connectivity index (χ3v) is 6.29. The molecule has 1 heterocycles. The van der Waals surface area contributed by atoms with Crippen LogP contribution in [0.4, 0.5) is 0 Å². The Balaban J connectivity index is 2.37. The molecule has 0 amide bonds. The fourth-order valence-electron chi connectivity index (χ4n) is 4.75. The average molecular weight is 490 g/mol. The van der Waals surface area contributed by atoms with E-state index in [0.717, 1.165) is 78.4 Å². The van der Waals surface area contributed by atoms with E-state index in [1.165, 1.54) is 0 Å². The van der Waals surface area contributed by atoms with Gasteiger partial charge in [0, 0.05) is 91.6 Å². The van der Waals surface area contributed by atoms with E-state index in [1.54, 1.807) is 27.7 Å². The van der Waals surface area contributed by atoms with Gasteiger partial charge in [-0.2, -0.15) is 0 Å². The molecule has 0 aromatic heterocycles. The van der Waals surface area contributed by atoms with Crippen LogP contribution in [0.15, 0.2) is 0 Å². The largest absolute Gasteiger partial charge is 0.392 e. The molecular weight excluding hydrogens is 434 g/mol. The minimum Gasteiger partial charge on any atom is -0.392 e. The lowest BCUT2D eigenvalue weighted by Gasteiger charge is -2.37. The first-order valence-corrected chi connectivity index (χ1v) is 13.4. The summed E-state index contributed by atoms with van der Waals surface area (Å²) in [6, 6.07) is 0. The van der Waals surface area contributed by atoms with Crippen molar-refractivity contribution in [3.05, 3.63) is 0 Å². The number of nitrogens with zero attached hydrogens (tertiary/aromatic N) is 5. The molecule has 4 atom stereocenters. The molecule has 1 aliphatic rings. The van der Waals surface area contributed by atoms with Crippen LogP contribution in [0.1, 0.15) is 41.0 Å². The van der Waals surface area contributed by atoms with Crippen molar-refractivity contribution < 1.29 is 20.4 Å². The van der Waals surface area contributed by atoms with Crippen molar-refractivity contribution >= 4 is 0 Å². The maximum absolute atomic E-state index is 9.77. The summed E-state index contributed by atoms with van der Waals surface area (Å²) < 4.78 is 0. The van der Waals surface area contributed by atoms with Crippen molar-refractivity contribution in [2.45, 2.75) is 65.5 Å². The summed E-state index contributed by atoms with van der Waals surface area (Å²) >= 11 is 0. The molecule has 0 radical (unpaired) electrons. The molecule has 1 aliphatic heterocycles. The molecule has 34 heavy (non-hydrogen) atoms. The van der Waals surface area contributed by atoms with Crippen LogP contribution in [0.3, 0.4) is 0 Å². The fraction of sp³-hybridized carbons (Fsp3) is 1.00. The van der Waals surface area contributed by atoms with Crippen LogP contribution in [-0.2, 0) is 0 Å². The first-order valence-electron chi connectivity index (χ1n) is 13.4. The maximum Gasteiger partial charge on any atom is 0.0639 e. The van der Waals surface area contributed by atoms with Crippen molar-refractivity contribution in [2.24, 2.45) is 0 Å². The number of aliphatic hydroxyl groups is 4. The Morgan fingerprint density at radius 3 is 1.21 bits per heavy atom. The van der Waals surface area contributed by atoms with Crippen LogP contribution < -0.4 is 0 Å². The minimum atomic E-state index is -0.388. The molecule has 204 valence electrons. The second kappa shape index (κ2) is 18.0. The van der Waals surface area contributed by atoms with Crippen LogP contribution in [0.2, 0.25) is 0 Å². The van der Waals surface area contributed by atoms with Crippen molar-refractivity contribution in [1.82, 2.24) is 24.5 Å². The van der Waals surface area contributed by atoms with E-state index in [0.29, 0.717) is 26.2 Å². The zero-order valence-electron chi connectivity index (χ0n) is 22.6. The van der Waals surface area contributed by atoms with Gasteiger partial charge in [0.05, 0.1) is 24.4 Å². The van der Waals surface area contributed by atoms with Gasteiger partial charge < -0.3 is 25.3 Å². The highest BCUT2D eigenvalue weighted by atomic mass is 16.3. The highest BCUT2D eigenvalue weighted by Gasteiger charge is 2.20. The topological polar surface area (TPSA) is 97.1 Å². The Hall–Kier alpha value is -0.360. The first-order chi connectivity index (χ1) is 16.1. The fourth-order valence-corrected chi connectivity index (χ4v) is 4.75. The Kier molecular flexibility index (Phi) is 16.7. The molecule has 1 rings (SSSR count). The molecular formula is C25H55N5O4. The van der Waals surface area contributed by atoms with Crippen LogP contribution in [0, 0.1) is 0 Å². The lowest BCUT2D eigenvalue weighted by Crippen LogP contribution is -2.51. The second-order valence-corrected chi connectivity index (χ2v) is 10.4. The van der Waals surface area contributed by atoms with Crippen LogP contribution in [-0.4, -0.2) is 168 Å². The summed E-state index contributed by atoms with van der Waals surface area (Å²) in [5.41, 5.74) is 0. The van der Waals surface area contributed by atoms with E-state index in [-0.39, 0.29) is 24.4 Å². The summed E-state index contributed by atoms with van der Waals surface area (Å²) in [6.45, 7) is 22.9. The van der Waals surface area contributed by atoms with Gasteiger partial charge in [0.2, 0.25) is 0 Å². The highest BCUT2D eigenvalue weighted by molar-refractivity contribution is 4.76. The van der Waals surface area contributed by atoms with Crippen LogP contribution in [0.5, 0.6) is 0 Å². The first kappa shape index (κ1) is 31.7. The molecule has 1 fully saturated rings. The number of hydrogen-bond donors (Lipinski definition) is 4. The Labute approximate surface area is 208 Å². The summed E-state index contributed by atoms with van der Waals surface area (Å²) in [5, 5.41) is 39.0. The van der Waals surface area contributed by atoms with Crippen LogP contribution >= 0.6 is 0 Å². The monoisotopic (exact) mass is 489 g/mol. The van der Waals surface area contributed by atoms with Crippen molar-refractivity contribution in [1.29, 1.82) is 0 Å². The molecule has 0 spiro atoms. The average Bonchev–Trinajstić information content (AvgIpc) is 2.73. The molecule has 0 saturated carbocycles. The smallest absolute Gasteiger partial charge is 0.0639 e. The van der Waals surface area contributed by atoms with E-state index in [9.17, 15) is 20.4 Å². The molecule has 0 aromatic rings. The van der Waals surface area contributed by atoms with Gasteiger partial charge in [-0.15, -0.1) is 0 Å².